The molecule has 1 rings (SSSR count). The molecule has 0 aliphatic rings. The lowest BCUT2D eigenvalue weighted by molar-refractivity contribution is 0.0651. The van der Waals surface area contributed by atoms with Gasteiger partial charge in [-0.05, 0) is 35.8 Å². The summed E-state index contributed by atoms with van der Waals surface area (Å²) < 4.78 is 0. The predicted molar refractivity (Wildman–Crippen MR) is 73.3 cm³/mol. The number of hydrogen-bond acceptors (Lipinski definition) is 2. The molecule has 2 N–H and O–H groups in total. The van der Waals surface area contributed by atoms with Gasteiger partial charge >= 0.3 is 11.9 Å². The van der Waals surface area contributed by atoms with Gasteiger partial charge in [0, 0.05) is 0 Å². The third-order valence-electron chi connectivity index (χ3n) is 2.71. The van der Waals surface area contributed by atoms with E-state index in [4.69, 9.17) is 10.2 Å². The van der Waals surface area contributed by atoms with Crippen molar-refractivity contribution in [3.8, 4) is 0 Å². The quantitative estimate of drug-likeness (QED) is 0.795. The van der Waals surface area contributed by atoms with Crippen LogP contribution in [0.15, 0.2) is 49.1 Å². The maximum atomic E-state index is 11.1. The molecule has 0 aromatic heterocycles. The number of carboxylic acids is 2. The van der Waals surface area contributed by atoms with E-state index >= 15 is 0 Å². The summed E-state index contributed by atoms with van der Waals surface area (Å²) in [5.41, 5.74) is 1.80. The van der Waals surface area contributed by atoms with Crippen LogP contribution in [0.2, 0.25) is 0 Å². The first-order chi connectivity index (χ1) is 8.75. The summed E-state index contributed by atoms with van der Waals surface area (Å²) in [6.45, 7) is 13.1. The fraction of sp³-hybridized carbons (Fsp3) is 0.0667. The van der Waals surface area contributed by atoms with Crippen molar-refractivity contribution < 1.29 is 19.8 Å². The number of carboxylic acid groups (broad SMARTS) is 2. The third kappa shape index (κ3) is 2.98. The molecule has 0 atom stereocenters. The summed E-state index contributed by atoms with van der Waals surface area (Å²) in [4.78, 5) is 22.0. The normalized spacial score (nSPS) is 9.74. The van der Waals surface area contributed by atoms with Crippen molar-refractivity contribution in [2.75, 3.05) is 0 Å². The molecule has 0 aliphatic heterocycles. The van der Waals surface area contributed by atoms with Crippen LogP contribution >= 0.6 is 0 Å². The minimum Gasteiger partial charge on any atom is -0.478 e. The zero-order valence-electron chi connectivity index (χ0n) is 10.6. The van der Waals surface area contributed by atoms with E-state index in [-0.39, 0.29) is 11.1 Å². The van der Waals surface area contributed by atoms with Gasteiger partial charge in [0.05, 0.1) is 11.1 Å². The predicted octanol–water partition coefficient (Wildman–Crippen LogP) is 3.23. The SMILES string of the molecule is C=C(C)C(=C)C(=C)c1ccc(C(=O)O)c(C(=O)O)c1. The van der Waals surface area contributed by atoms with E-state index in [0.29, 0.717) is 22.3 Å². The maximum absolute atomic E-state index is 11.1. The summed E-state index contributed by atoms with van der Waals surface area (Å²) in [6, 6.07) is 4.03. The van der Waals surface area contributed by atoms with Crippen LogP contribution in [0, 0.1) is 0 Å². The van der Waals surface area contributed by atoms with E-state index in [1.165, 1.54) is 18.2 Å². The van der Waals surface area contributed by atoms with E-state index < -0.39 is 11.9 Å². The molecule has 0 bridgehead atoms. The average Bonchev–Trinajstić information content (AvgIpc) is 2.35. The minimum atomic E-state index is -1.30. The van der Waals surface area contributed by atoms with Crippen LogP contribution in [-0.4, -0.2) is 22.2 Å². The van der Waals surface area contributed by atoms with Crippen LogP contribution in [0.25, 0.3) is 5.57 Å². The third-order valence-corrected chi connectivity index (χ3v) is 2.71. The standard InChI is InChI=1S/C15H14O4/c1-8(2)9(3)10(4)11-5-6-12(14(16)17)13(7-11)15(18)19/h5-7H,1,3-4H2,2H3,(H,16,17)(H,18,19). The van der Waals surface area contributed by atoms with E-state index in [0.717, 1.165) is 0 Å². The van der Waals surface area contributed by atoms with Gasteiger partial charge in [-0.25, -0.2) is 9.59 Å². The van der Waals surface area contributed by atoms with Gasteiger partial charge in [0.15, 0.2) is 0 Å². The Labute approximate surface area is 111 Å². The lowest BCUT2D eigenvalue weighted by atomic mass is 9.93. The number of hydrogen-bond donors (Lipinski definition) is 2. The van der Waals surface area contributed by atoms with E-state index in [9.17, 15) is 9.59 Å². The first kappa shape index (κ1) is 14.4. The van der Waals surface area contributed by atoms with Gasteiger partial charge in [-0.1, -0.05) is 31.4 Å². The molecule has 1 aromatic rings. The average molecular weight is 258 g/mol. The van der Waals surface area contributed by atoms with E-state index in [2.05, 4.69) is 19.7 Å². The van der Waals surface area contributed by atoms with Gasteiger partial charge in [-0.2, -0.15) is 0 Å². The van der Waals surface area contributed by atoms with Crippen molar-refractivity contribution >= 4 is 17.5 Å². The van der Waals surface area contributed by atoms with E-state index in [1.54, 1.807) is 6.92 Å². The molecular weight excluding hydrogens is 244 g/mol. The molecule has 4 nitrogen and oxygen atoms in total. The van der Waals surface area contributed by atoms with Crippen LogP contribution in [-0.2, 0) is 0 Å². The molecule has 0 amide bonds. The van der Waals surface area contributed by atoms with Gasteiger partial charge in [0.2, 0.25) is 0 Å². The topological polar surface area (TPSA) is 74.6 Å². The van der Waals surface area contributed by atoms with Crippen LogP contribution in [0.5, 0.6) is 0 Å². The maximum Gasteiger partial charge on any atom is 0.336 e. The Bertz CT molecular complexity index is 609. The highest BCUT2D eigenvalue weighted by Crippen LogP contribution is 2.26. The first-order valence-corrected chi connectivity index (χ1v) is 5.40. The first-order valence-electron chi connectivity index (χ1n) is 5.40. The zero-order valence-corrected chi connectivity index (χ0v) is 10.6. The molecule has 98 valence electrons. The summed E-state index contributed by atoms with van der Waals surface area (Å²) in [7, 11) is 0. The highest BCUT2D eigenvalue weighted by Gasteiger charge is 2.17. The van der Waals surface area contributed by atoms with Crippen LogP contribution < -0.4 is 0 Å². The van der Waals surface area contributed by atoms with Gasteiger partial charge in [-0.3, -0.25) is 0 Å². The minimum absolute atomic E-state index is 0.259. The lowest BCUT2D eigenvalue weighted by Crippen LogP contribution is -2.08. The second-order valence-corrected chi connectivity index (χ2v) is 4.11. The smallest absolute Gasteiger partial charge is 0.336 e. The Morgan fingerprint density at radius 2 is 1.53 bits per heavy atom. The van der Waals surface area contributed by atoms with Crippen molar-refractivity contribution in [1.29, 1.82) is 0 Å². The second kappa shape index (κ2) is 5.35. The fourth-order valence-electron chi connectivity index (χ4n) is 1.53. The van der Waals surface area contributed by atoms with Crippen molar-refractivity contribution in [2.45, 2.75) is 6.92 Å². The van der Waals surface area contributed by atoms with E-state index in [1.807, 2.05) is 0 Å². The fourth-order valence-corrected chi connectivity index (χ4v) is 1.53. The van der Waals surface area contributed by atoms with Crippen molar-refractivity contribution in [2.24, 2.45) is 0 Å². The molecule has 0 fully saturated rings. The molecule has 0 unspecified atom stereocenters. The molecular formula is C15H14O4. The number of rotatable bonds is 5. The molecule has 0 heterocycles. The van der Waals surface area contributed by atoms with Gasteiger partial charge in [0.1, 0.15) is 0 Å². The molecule has 0 radical (unpaired) electrons. The van der Waals surface area contributed by atoms with Crippen LogP contribution in [0.4, 0.5) is 0 Å². The second-order valence-electron chi connectivity index (χ2n) is 4.11. The van der Waals surface area contributed by atoms with Gasteiger partial charge in [0.25, 0.3) is 0 Å². The highest BCUT2D eigenvalue weighted by atomic mass is 16.4. The Kier molecular flexibility index (Phi) is 4.07. The summed E-state index contributed by atoms with van der Waals surface area (Å²) in [5, 5.41) is 18.0. The number of aromatic carboxylic acids is 2. The molecule has 0 saturated heterocycles. The highest BCUT2D eigenvalue weighted by molar-refractivity contribution is 6.02. The molecule has 0 saturated carbocycles. The molecule has 1 aromatic carbocycles. The number of benzene rings is 1. The van der Waals surface area contributed by atoms with Crippen LogP contribution in [0.1, 0.15) is 33.2 Å². The molecule has 4 heteroatoms. The zero-order chi connectivity index (χ0) is 14.7. The summed E-state index contributed by atoms with van der Waals surface area (Å²) >= 11 is 0. The lowest BCUT2D eigenvalue weighted by Gasteiger charge is -2.11. The summed E-state index contributed by atoms with van der Waals surface area (Å²) in [5.74, 6) is -2.58. The Morgan fingerprint density at radius 1 is 1.00 bits per heavy atom. The Balaban J connectivity index is 3.34. The molecule has 19 heavy (non-hydrogen) atoms. The van der Waals surface area contributed by atoms with Gasteiger partial charge < -0.3 is 10.2 Å². The Hall–Kier alpha value is -2.62. The summed E-state index contributed by atoms with van der Waals surface area (Å²) in [6.07, 6.45) is 0. The largest absolute Gasteiger partial charge is 0.478 e. The molecule has 0 spiro atoms. The molecule has 0 aliphatic carbocycles. The number of carbonyl (C=O) groups is 2. The van der Waals surface area contributed by atoms with Gasteiger partial charge in [-0.15, -0.1) is 0 Å². The van der Waals surface area contributed by atoms with Crippen molar-refractivity contribution in [1.82, 2.24) is 0 Å². The van der Waals surface area contributed by atoms with Crippen molar-refractivity contribution in [3.63, 3.8) is 0 Å². The van der Waals surface area contributed by atoms with Crippen LogP contribution in [0.3, 0.4) is 0 Å². The Morgan fingerprint density at radius 3 is 1.95 bits per heavy atom. The monoisotopic (exact) mass is 258 g/mol. The van der Waals surface area contributed by atoms with Crippen molar-refractivity contribution in [3.05, 3.63) is 65.8 Å². The number of allylic oxidation sites excluding steroid dienone is 3.